The van der Waals surface area contributed by atoms with Crippen LogP contribution in [0.1, 0.15) is 23.7 Å². The maximum absolute atomic E-state index is 12.5. The van der Waals surface area contributed by atoms with Crippen molar-refractivity contribution < 1.29 is 18.0 Å². The zero-order chi connectivity index (χ0) is 14.1. The summed E-state index contributed by atoms with van der Waals surface area (Å²) in [5, 5.41) is 0. The summed E-state index contributed by atoms with van der Waals surface area (Å²) >= 11 is 0. The molecule has 0 amide bonds. The Hall–Kier alpha value is -1.84. The molecule has 0 aliphatic heterocycles. The van der Waals surface area contributed by atoms with Gasteiger partial charge in [0, 0.05) is 5.56 Å². The minimum absolute atomic E-state index is 0.0616. The van der Waals surface area contributed by atoms with Crippen LogP contribution in [0.15, 0.2) is 54.1 Å². The van der Waals surface area contributed by atoms with Crippen LogP contribution in [0.5, 0.6) is 0 Å². The van der Waals surface area contributed by atoms with E-state index in [1.165, 1.54) is 6.08 Å². The third-order valence-electron chi connectivity index (χ3n) is 3.26. The SMILES string of the molecule is C[C@]1(C(=O)c2ccccc2)C=CC(C(F)(F)F)=CC1. The van der Waals surface area contributed by atoms with E-state index < -0.39 is 17.2 Å². The molecule has 1 aromatic rings. The molecule has 0 unspecified atom stereocenters. The minimum atomic E-state index is -4.35. The molecule has 2 rings (SSSR count). The molecule has 0 N–H and O–H groups in total. The highest BCUT2D eigenvalue weighted by Crippen LogP contribution is 2.37. The number of ketones is 1. The quantitative estimate of drug-likeness (QED) is 0.728. The summed E-state index contributed by atoms with van der Waals surface area (Å²) in [4.78, 5) is 12.3. The molecule has 0 saturated carbocycles. The predicted molar refractivity (Wildman–Crippen MR) is 66.8 cm³/mol. The molecule has 0 saturated heterocycles. The zero-order valence-electron chi connectivity index (χ0n) is 10.4. The molecular weight excluding hydrogens is 253 g/mol. The van der Waals surface area contributed by atoms with Gasteiger partial charge in [0.2, 0.25) is 0 Å². The van der Waals surface area contributed by atoms with Crippen LogP contribution in [0.4, 0.5) is 13.2 Å². The van der Waals surface area contributed by atoms with Crippen LogP contribution in [-0.2, 0) is 0 Å². The first-order chi connectivity index (χ1) is 8.83. The number of hydrogen-bond acceptors (Lipinski definition) is 1. The highest BCUT2D eigenvalue weighted by Gasteiger charge is 2.38. The normalized spacial score (nSPS) is 23.1. The summed E-state index contributed by atoms with van der Waals surface area (Å²) in [5.74, 6) is -0.165. The molecule has 1 atom stereocenters. The van der Waals surface area contributed by atoms with E-state index in [-0.39, 0.29) is 12.2 Å². The number of hydrogen-bond donors (Lipinski definition) is 0. The van der Waals surface area contributed by atoms with Crippen molar-refractivity contribution in [3.05, 3.63) is 59.7 Å². The molecule has 0 radical (unpaired) electrons. The Bertz CT molecular complexity index is 540. The number of carbonyl (C=O) groups excluding carboxylic acids is 1. The summed E-state index contributed by atoms with van der Waals surface area (Å²) < 4.78 is 37.5. The second-order valence-electron chi connectivity index (χ2n) is 4.81. The van der Waals surface area contributed by atoms with E-state index in [9.17, 15) is 18.0 Å². The van der Waals surface area contributed by atoms with Crippen molar-refractivity contribution in [2.45, 2.75) is 19.5 Å². The van der Waals surface area contributed by atoms with Gasteiger partial charge in [0.25, 0.3) is 0 Å². The molecule has 19 heavy (non-hydrogen) atoms. The number of allylic oxidation sites excluding steroid dienone is 4. The van der Waals surface area contributed by atoms with Gasteiger partial charge in [0.15, 0.2) is 5.78 Å². The third-order valence-corrected chi connectivity index (χ3v) is 3.26. The van der Waals surface area contributed by atoms with Gasteiger partial charge in [-0.15, -0.1) is 0 Å². The Kier molecular flexibility index (Phi) is 3.35. The van der Waals surface area contributed by atoms with Crippen molar-refractivity contribution in [2.24, 2.45) is 5.41 Å². The maximum atomic E-state index is 12.5. The zero-order valence-corrected chi connectivity index (χ0v) is 10.4. The van der Waals surface area contributed by atoms with Crippen LogP contribution in [0.25, 0.3) is 0 Å². The van der Waals surface area contributed by atoms with Gasteiger partial charge in [-0.2, -0.15) is 13.2 Å². The van der Waals surface area contributed by atoms with Crippen molar-refractivity contribution >= 4 is 5.78 Å². The van der Waals surface area contributed by atoms with Gasteiger partial charge < -0.3 is 0 Å². The summed E-state index contributed by atoms with van der Waals surface area (Å²) in [6, 6.07) is 8.60. The summed E-state index contributed by atoms with van der Waals surface area (Å²) in [5.41, 5.74) is -1.08. The van der Waals surface area contributed by atoms with E-state index in [0.29, 0.717) is 5.56 Å². The molecule has 0 aromatic heterocycles. The standard InChI is InChI=1S/C15H13F3O/c1-14(13(19)11-5-3-2-4-6-11)9-7-12(8-10-14)15(16,17)18/h2-9H,10H2,1H3/t14-/m0/s1. The van der Waals surface area contributed by atoms with Crippen molar-refractivity contribution in [2.75, 3.05) is 0 Å². The van der Waals surface area contributed by atoms with E-state index in [2.05, 4.69) is 0 Å². The highest BCUT2D eigenvalue weighted by molar-refractivity contribution is 6.01. The average molecular weight is 266 g/mol. The van der Waals surface area contributed by atoms with Crippen molar-refractivity contribution in [3.8, 4) is 0 Å². The first-order valence-corrected chi connectivity index (χ1v) is 5.89. The first kappa shape index (κ1) is 13.6. The van der Waals surface area contributed by atoms with Gasteiger partial charge in [-0.1, -0.05) is 48.6 Å². The molecule has 1 aromatic carbocycles. The van der Waals surface area contributed by atoms with Crippen LogP contribution < -0.4 is 0 Å². The lowest BCUT2D eigenvalue weighted by Crippen LogP contribution is -2.28. The van der Waals surface area contributed by atoms with Crippen molar-refractivity contribution in [3.63, 3.8) is 0 Å². The van der Waals surface area contributed by atoms with Gasteiger partial charge in [-0.3, -0.25) is 4.79 Å². The van der Waals surface area contributed by atoms with Gasteiger partial charge in [-0.05, 0) is 13.3 Å². The molecule has 0 heterocycles. The predicted octanol–water partition coefficient (Wildman–Crippen LogP) is 4.32. The maximum Gasteiger partial charge on any atom is 0.416 e. The summed E-state index contributed by atoms with van der Waals surface area (Å²) in [7, 11) is 0. The fraction of sp³-hybridized carbons (Fsp3) is 0.267. The number of alkyl halides is 3. The fourth-order valence-electron chi connectivity index (χ4n) is 2.03. The van der Waals surface area contributed by atoms with Crippen LogP contribution in [-0.4, -0.2) is 12.0 Å². The molecule has 0 fully saturated rings. The van der Waals surface area contributed by atoms with E-state index in [0.717, 1.165) is 12.2 Å². The lowest BCUT2D eigenvalue weighted by Gasteiger charge is -2.27. The van der Waals surface area contributed by atoms with E-state index >= 15 is 0 Å². The van der Waals surface area contributed by atoms with Crippen molar-refractivity contribution in [1.82, 2.24) is 0 Å². The van der Waals surface area contributed by atoms with E-state index in [1.807, 2.05) is 0 Å². The molecule has 1 aliphatic carbocycles. The molecule has 1 aliphatic rings. The van der Waals surface area contributed by atoms with Crippen LogP contribution in [0, 0.1) is 5.41 Å². The Morgan fingerprint density at radius 3 is 2.32 bits per heavy atom. The second-order valence-corrected chi connectivity index (χ2v) is 4.81. The fourth-order valence-corrected chi connectivity index (χ4v) is 2.03. The number of carbonyl (C=O) groups is 1. The molecule has 100 valence electrons. The Morgan fingerprint density at radius 2 is 1.84 bits per heavy atom. The second kappa shape index (κ2) is 4.68. The number of rotatable bonds is 2. The largest absolute Gasteiger partial charge is 0.416 e. The van der Waals surface area contributed by atoms with Gasteiger partial charge in [0.1, 0.15) is 0 Å². The van der Waals surface area contributed by atoms with E-state index in [1.54, 1.807) is 37.3 Å². The molecule has 1 nitrogen and oxygen atoms in total. The number of Topliss-reactive ketones (excluding diaryl/α,β-unsaturated/α-hetero) is 1. The highest BCUT2D eigenvalue weighted by atomic mass is 19.4. The lowest BCUT2D eigenvalue weighted by molar-refractivity contribution is -0.0888. The Morgan fingerprint density at radius 1 is 1.21 bits per heavy atom. The van der Waals surface area contributed by atoms with Crippen LogP contribution >= 0.6 is 0 Å². The van der Waals surface area contributed by atoms with Gasteiger partial charge in [0.05, 0.1) is 11.0 Å². The first-order valence-electron chi connectivity index (χ1n) is 5.89. The topological polar surface area (TPSA) is 17.1 Å². The lowest BCUT2D eigenvalue weighted by atomic mass is 9.76. The van der Waals surface area contributed by atoms with Crippen LogP contribution in [0.3, 0.4) is 0 Å². The Balaban J connectivity index is 2.23. The Labute approximate surface area is 109 Å². The van der Waals surface area contributed by atoms with Gasteiger partial charge in [-0.25, -0.2) is 0 Å². The summed E-state index contributed by atoms with van der Waals surface area (Å²) in [6.45, 7) is 1.66. The average Bonchev–Trinajstić information content (AvgIpc) is 2.38. The monoisotopic (exact) mass is 266 g/mol. The number of halogens is 3. The smallest absolute Gasteiger partial charge is 0.293 e. The molecule has 0 spiro atoms. The third kappa shape index (κ3) is 2.78. The molecular formula is C15H13F3O. The van der Waals surface area contributed by atoms with Crippen molar-refractivity contribution in [1.29, 1.82) is 0 Å². The number of benzene rings is 1. The van der Waals surface area contributed by atoms with Crippen LogP contribution in [0.2, 0.25) is 0 Å². The molecule has 0 bridgehead atoms. The molecule has 4 heteroatoms. The van der Waals surface area contributed by atoms with E-state index in [4.69, 9.17) is 0 Å². The minimum Gasteiger partial charge on any atom is -0.293 e. The summed E-state index contributed by atoms with van der Waals surface area (Å²) in [6.07, 6.45) is -0.865. The van der Waals surface area contributed by atoms with Gasteiger partial charge >= 0.3 is 6.18 Å².